The molecule has 6 heteroatoms. The van der Waals surface area contributed by atoms with Crippen molar-refractivity contribution in [2.75, 3.05) is 11.7 Å². The number of hydrogen-bond donors (Lipinski definition) is 1. The summed E-state index contributed by atoms with van der Waals surface area (Å²) in [5.74, 6) is 1.49. The zero-order valence-corrected chi connectivity index (χ0v) is 15.5. The SMILES string of the molecule is S=C(NCc1ccccc1)N(Cc1ccncc1)c1ccc2c(c1)OCO2. The number of fused-ring (bicyclic) bond motifs is 1. The molecule has 0 bridgehead atoms. The highest BCUT2D eigenvalue weighted by Crippen LogP contribution is 2.36. The molecule has 27 heavy (non-hydrogen) atoms. The molecule has 0 spiro atoms. The summed E-state index contributed by atoms with van der Waals surface area (Å²) < 4.78 is 10.9. The van der Waals surface area contributed by atoms with Crippen LogP contribution in [0, 0.1) is 0 Å². The van der Waals surface area contributed by atoms with Crippen molar-refractivity contribution in [2.24, 2.45) is 0 Å². The fourth-order valence-corrected chi connectivity index (χ4v) is 3.12. The van der Waals surface area contributed by atoms with E-state index in [1.54, 1.807) is 12.4 Å². The van der Waals surface area contributed by atoms with E-state index in [2.05, 4.69) is 27.3 Å². The van der Waals surface area contributed by atoms with Gasteiger partial charge in [-0.3, -0.25) is 4.98 Å². The number of nitrogens with zero attached hydrogens (tertiary/aromatic N) is 2. The van der Waals surface area contributed by atoms with E-state index in [0.717, 1.165) is 22.7 Å². The van der Waals surface area contributed by atoms with E-state index in [4.69, 9.17) is 21.7 Å². The molecule has 5 nitrogen and oxygen atoms in total. The van der Waals surface area contributed by atoms with Crippen molar-refractivity contribution >= 4 is 23.0 Å². The number of thiocarbonyl (C=S) groups is 1. The molecular formula is C21H19N3O2S. The molecule has 2 aromatic carbocycles. The monoisotopic (exact) mass is 377 g/mol. The zero-order chi connectivity index (χ0) is 18.5. The molecule has 4 rings (SSSR count). The molecule has 1 N–H and O–H groups in total. The number of rotatable bonds is 5. The summed E-state index contributed by atoms with van der Waals surface area (Å²) in [6.07, 6.45) is 3.57. The second kappa shape index (κ2) is 8.05. The van der Waals surface area contributed by atoms with E-state index in [0.29, 0.717) is 18.2 Å². The van der Waals surface area contributed by atoms with Crippen LogP contribution < -0.4 is 19.7 Å². The van der Waals surface area contributed by atoms with Crippen molar-refractivity contribution in [1.29, 1.82) is 0 Å². The van der Waals surface area contributed by atoms with E-state index in [1.807, 2.05) is 48.5 Å². The first-order chi connectivity index (χ1) is 13.3. The van der Waals surface area contributed by atoms with Crippen molar-refractivity contribution in [3.05, 3.63) is 84.2 Å². The molecule has 1 aliphatic rings. The Hall–Kier alpha value is -3.12. The average Bonchev–Trinajstić information content (AvgIpc) is 3.19. The van der Waals surface area contributed by atoms with Gasteiger partial charge in [-0.05, 0) is 47.6 Å². The molecule has 3 aromatic rings. The quantitative estimate of drug-likeness (QED) is 0.681. The Kier molecular flexibility index (Phi) is 5.16. The van der Waals surface area contributed by atoms with Gasteiger partial charge in [0.2, 0.25) is 6.79 Å². The molecule has 0 radical (unpaired) electrons. The summed E-state index contributed by atoms with van der Waals surface area (Å²) in [4.78, 5) is 6.14. The Labute approximate surface area is 163 Å². The van der Waals surface area contributed by atoms with Gasteiger partial charge in [-0.2, -0.15) is 0 Å². The minimum absolute atomic E-state index is 0.250. The normalized spacial score (nSPS) is 11.9. The number of hydrogen-bond acceptors (Lipinski definition) is 4. The highest BCUT2D eigenvalue weighted by atomic mass is 32.1. The maximum absolute atomic E-state index is 5.71. The molecule has 1 aliphatic heterocycles. The third kappa shape index (κ3) is 4.17. The highest BCUT2D eigenvalue weighted by molar-refractivity contribution is 7.80. The lowest BCUT2D eigenvalue weighted by molar-refractivity contribution is 0.174. The van der Waals surface area contributed by atoms with Crippen molar-refractivity contribution in [3.63, 3.8) is 0 Å². The maximum atomic E-state index is 5.71. The lowest BCUT2D eigenvalue weighted by Gasteiger charge is -2.26. The molecule has 0 atom stereocenters. The maximum Gasteiger partial charge on any atom is 0.231 e. The van der Waals surface area contributed by atoms with Crippen LogP contribution >= 0.6 is 12.2 Å². The molecule has 0 aliphatic carbocycles. The van der Waals surface area contributed by atoms with Crippen LogP contribution in [-0.2, 0) is 13.1 Å². The lowest BCUT2D eigenvalue weighted by atomic mass is 10.2. The van der Waals surface area contributed by atoms with Gasteiger partial charge in [0.05, 0.1) is 6.54 Å². The van der Waals surface area contributed by atoms with E-state index in [-0.39, 0.29) is 6.79 Å². The number of pyridine rings is 1. The van der Waals surface area contributed by atoms with Crippen LogP contribution in [-0.4, -0.2) is 16.9 Å². The van der Waals surface area contributed by atoms with Crippen LogP contribution in [0.15, 0.2) is 73.1 Å². The summed E-state index contributed by atoms with van der Waals surface area (Å²) in [6, 6.07) is 20.0. The first kappa shape index (κ1) is 17.3. The number of benzene rings is 2. The molecule has 0 saturated heterocycles. The van der Waals surface area contributed by atoms with E-state index in [1.165, 1.54) is 5.56 Å². The van der Waals surface area contributed by atoms with Gasteiger partial charge in [0.15, 0.2) is 16.6 Å². The second-order valence-corrected chi connectivity index (χ2v) is 6.51. The molecule has 0 fully saturated rings. The number of ether oxygens (including phenoxy) is 2. The fraction of sp³-hybridized carbons (Fsp3) is 0.143. The number of anilines is 1. The van der Waals surface area contributed by atoms with Crippen molar-refractivity contribution < 1.29 is 9.47 Å². The second-order valence-electron chi connectivity index (χ2n) is 6.12. The van der Waals surface area contributed by atoms with Crippen LogP contribution in [0.4, 0.5) is 5.69 Å². The molecule has 0 amide bonds. The molecule has 1 aromatic heterocycles. The summed E-state index contributed by atoms with van der Waals surface area (Å²) in [5.41, 5.74) is 3.24. The van der Waals surface area contributed by atoms with Crippen LogP contribution in [0.1, 0.15) is 11.1 Å². The van der Waals surface area contributed by atoms with Crippen molar-refractivity contribution in [2.45, 2.75) is 13.1 Å². The third-order valence-corrected chi connectivity index (χ3v) is 4.65. The summed E-state index contributed by atoms with van der Waals surface area (Å²) in [6.45, 7) is 1.54. The summed E-state index contributed by atoms with van der Waals surface area (Å²) >= 11 is 5.71. The minimum Gasteiger partial charge on any atom is -0.454 e. The van der Waals surface area contributed by atoms with Crippen LogP contribution in [0.2, 0.25) is 0 Å². The minimum atomic E-state index is 0.250. The Balaban J connectivity index is 1.56. The van der Waals surface area contributed by atoms with Gasteiger partial charge in [0, 0.05) is 30.7 Å². The Morgan fingerprint density at radius 3 is 2.56 bits per heavy atom. The number of aromatic nitrogens is 1. The van der Waals surface area contributed by atoms with Gasteiger partial charge in [-0.15, -0.1) is 0 Å². The number of nitrogens with one attached hydrogen (secondary N) is 1. The molecule has 0 unspecified atom stereocenters. The summed E-state index contributed by atoms with van der Waals surface area (Å²) in [7, 11) is 0. The summed E-state index contributed by atoms with van der Waals surface area (Å²) in [5, 5.41) is 4.00. The van der Waals surface area contributed by atoms with Gasteiger partial charge >= 0.3 is 0 Å². The van der Waals surface area contributed by atoms with Crippen LogP contribution in [0.25, 0.3) is 0 Å². The molecule has 136 valence electrons. The first-order valence-electron chi connectivity index (χ1n) is 8.67. The Morgan fingerprint density at radius 2 is 1.74 bits per heavy atom. The Morgan fingerprint density at radius 1 is 0.963 bits per heavy atom. The van der Waals surface area contributed by atoms with Crippen LogP contribution in [0.3, 0.4) is 0 Å². The topological polar surface area (TPSA) is 46.6 Å². The van der Waals surface area contributed by atoms with Gasteiger partial charge in [-0.25, -0.2) is 0 Å². The van der Waals surface area contributed by atoms with E-state index < -0.39 is 0 Å². The van der Waals surface area contributed by atoms with Crippen LogP contribution in [0.5, 0.6) is 11.5 Å². The van der Waals surface area contributed by atoms with Gasteiger partial charge < -0.3 is 19.7 Å². The average molecular weight is 377 g/mol. The predicted octanol–water partition coefficient (Wildman–Crippen LogP) is 3.89. The molecule has 2 heterocycles. The zero-order valence-electron chi connectivity index (χ0n) is 14.7. The van der Waals surface area contributed by atoms with E-state index in [9.17, 15) is 0 Å². The third-order valence-electron chi connectivity index (χ3n) is 4.29. The van der Waals surface area contributed by atoms with Gasteiger partial charge in [0.25, 0.3) is 0 Å². The lowest BCUT2D eigenvalue weighted by Crippen LogP contribution is -2.39. The first-order valence-corrected chi connectivity index (χ1v) is 9.08. The van der Waals surface area contributed by atoms with Gasteiger partial charge in [-0.1, -0.05) is 30.3 Å². The van der Waals surface area contributed by atoms with E-state index >= 15 is 0 Å². The predicted molar refractivity (Wildman–Crippen MR) is 109 cm³/mol. The standard InChI is InChI=1S/C21H19N3O2S/c27-21(23-13-16-4-2-1-3-5-16)24(14-17-8-10-22-11-9-17)18-6-7-19-20(12-18)26-15-25-19/h1-12H,13-15H2,(H,23,27). The molecular weight excluding hydrogens is 358 g/mol. The fourth-order valence-electron chi connectivity index (χ4n) is 2.87. The van der Waals surface area contributed by atoms with Gasteiger partial charge in [0.1, 0.15) is 0 Å². The van der Waals surface area contributed by atoms with Crippen molar-refractivity contribution in [1.82, 2.24) is 10.3 Å². The smallest absolute Gasteiger partial charge is 0.231 e. The Bertz CT molecular complexity index is 919. The highest BCUT2D eigenvalue weighted by Gasteiger charge is 2.18. The largest absolute Gasteiger partial charge is 0.454 e. The molecule has 0 saturated carbocycles. The van der Waals surface area contributed by atoms with Crippen molar-refractivity contribution in [3.8, 4) is 11.5 Å².